The molecule has 1 aromatic carbocycles. The van der Waals surface area contributed by atoms with Crippen LogP contribution in [-0.4, -0.2) is 55.7 Å². The Kier molecular flexibility index (Phi) is 7.07. The molecule has 3 N–H and O–H groups in total. The van der Waals surface area contributed by atoms with Crippen molar-refractivity contribution in [3.05, 3.63) is 46.0 Å². The van der Waals surface area contributed by atoms with Crippen molar-refractivity contribution in [1.82, 2.24) is 15.5 Å². The van der Waals surface area contributed by atoms with E-state index in [1.165, 1.54) is 25.7 Å². The van der Waals surface area contributed by atoms with Crippen LogP contribution >= 0.6 is 11.6 Å². The Labute approximate surface area is 191 Å². The molecule has 2 bridgehead atoms. The summed E-state index contributed by atoms with van der Waals surface area (Å²) < 4.78 is 0. The molecule has 0 spiro atoms. The van der Waals surface area contributed by atoms with E-state index in [1.807, 2.05) is 25.2 Å². The van der Waals surface area contributed by atoms with E-state index in [0.29, 0.717) is 30.2 Å². The van der Waals surface area contributed by atoms with Gasteiger partial charge in [-0.3, -0.25) is 9.69 Å². The number of halogens is 1. The van der Waals surface area contributed by atoms with Crippen molar-refractivity contribution in [2.45, 2.75) is 39.2 Å². The molecule has 0 aliphatic heterocycles. The van der Waals surface area contributed by atoms with Gasteiger partial charge in [0.25, 0.3) is 5.91 Å². The number of nitrogens with zero attached hydrogens (tertiary/aromatic N) is 1. The van der Waals surface area contributed by atoms with E-state index in [2.05, 4.69) is 28.5 Å². The Balaban J connectivity index is 1.40. The molecule has 3 aliphatic carbocycles. The standard InChI is InChI=1S/C25H36ClN3O2/c1-25(13-18-9-19-12-20(14-25)21(19)11-18)16-28-24(31)22-10-17(3-4-23(22)26)15-29(7-8-30)6-5-27-2/h3-4,10,14,18-19,21,27,30H,5-9,11-13,15-16H2,1-2H3,(H,28,31). The van der Waals surface area contributed by atoms with Gasteiger partial charge in [0.1, 0.15) is 0 Å². The number of amides is 1. The molecule has 0 saturated heterocycles. The lowest BCUT2D eigenvalue weighted by Gasteiger charge is -2.38. The van der Waals surface area contributed by atoms with Crippen molar-refractivity contribution in [3.63, 3.8) is 0 Å². The van der Waals surface area contributed by atoms with Gasteiger partial charge >= 0.3 is 0 Å². The topological polar surface area (TPSA) is 64.6 Å². The van der Waals surface area contributed by atoms with E-state index >= 15 is 0 Å². The predicted molar refractivity (Wildman–Crippen MR) is 125 cm³/mol. The van der Waals surface area contributed by atoms with E-state index in [4.69, 9.17) is 11.6 Å². The molecule has 0 radical (unpaired) electrons. The third kappa shape index (κ3) is 5.16. The summed E-state index contributed by atoms with van der Waals surface area (Å²) in [6.45, 7) is 6.01. The van der Waals surface area contributed by atoms with Crippen molar-refractivity contribution in [3.8, 4) is 0 Å². The fourth-order valence-electron chi connectivity index (χ4n) is 6.00. The smallest absolute Gasteiger partial charge is 0.252 e. The lowest BCUT2D eigenvalue weighted by Crippen LogP contribution is -2.37. The predicted octanol–water partition coefficient (Wildman–Crippen LogP) is 3.47. The molecule has 2 fully saturated rings. The second-order valence-corrected chi connectivity index (χ2v) is 10.5. The summed E-state index contributed by atoms with van der Waals surface area (Å²) in [5.41, 5.74) is 3.23. The van der Waals surface area contributed by atoms with Crippen molar-refractivity contribution >= 4 is 17.5 Å². The van der Waals surface area contributed by atoms with Gasteiger partial charge in [-0.2, -0.15) is 0 Å². The summed E-state index contributed by atoms with van der Waals surface area (Å²) in [5.74, 6) is 2.47. The number of carbonyl (C=O) groups is 1. The van der Waals surface area contributed by atoms with Crippen molar-refractivity contribution < 1.29 is 9.90 Å². The number of allylic oxidation sites excluding steroid dienone is 1. The number of nitrogens with one attached hydrogen (secondary N) is 2. The Morgan fingerprint density at radius 2 is 2.16 bits per heavy atom. The fraction of sp³-hybridized carbons (Fsp3) is 0.640. The van der Waals surface area contributed by atoms with Crippen LogP contribution in [0.4, 0.5) is 0 Å². The van der Waals surface area contributed by atoms with Crippen LogP contribution in [0.3, 0.4) is 0 Å². The first kappa shape index (κ1) is 22.8. The number of aliphatic hydroxyl groups excluding tert-OH is 1. The highest BCUT2D eigenvalue weighted by Crippen LogP contribution is 2.58. The third-order valence-electron chi connectivity index (χ3n) is 7.48. The second-order valence-electron chi connectivity index (χ2n) is 10.1. The number of rotatable bonds is 10. The summed E-state index contributed by atoms with van der Waals surface area (Å²) >= 11 is 6.40. The molecule has 6 heteroatoms. The summed E-state index contributed by atoms with van der Waals surface area (Å²) in [7, 11) is 1.92. The number of fused-ring (bicyclic) bond motifs is 1. The molecule has 1 amide bonds. The van der Waals surface area contributed by atoms with E-state index in [9.17, 15) is 9.90 Å². The van der Waals surface area contributed by atoms with Gasteiger partial charge < -0.3 is 15.7 Å². The number of carbonyl (C=O) groups excluding carboxylic acids is 1. The quantitative estimate of drug-likeness (QED) is 0.482. The van der Waals surface area contributed by atoms with Crippen molar-refractivity contribution in [2.24, 2.45) is 23.2 Å². The largest absolute Gasteiger partial charge is 0.395 e. The third-order valence-corrected chi connectivity index (χ3v) is 7.81. The molecular formula is C25H36ClN3O2. The van der Waals surface area contributed by atoms with Crippen molar-refractivity contribution in [2.75, 3.05) is 39.8 Å². The highest BCUT2D eigenvalue weighted by atomic mass is 35.5. The van der Waals surface area contributed by atoms with E-state index < -0.39 is 0 Å². The molecule has 1 aromatic rings. The molecule has 4 rings (SSSR count). The summed E-state index contributed by atoms with van der Waals surface area (Å²) in [6.07, 6.45) is 7.64. The van der Waals surface area contributed by atoms with Gasteiger partial charge in [0.15, 0.2) is 0 Å². The van der Waals surface area contributed by atoms with Crippen LogP contribution in [0.15, 0.2) is 29.8 Å². The fourth-order valence-corrected chi connectivity index (χ4v) is 6.20. The van der Waals surface area contributed by atoms with Gasteiger partial charge in [0.05, 0.1) is 17.2 Å². The van der Waals surface area contributed by atoms with Crippen LogP contribution in [0.1, 0.15) is 48.5 Å². The molecule has 0 heterocycles. The average molecular weight is 446 g/mol. The van der Waals surface area contributed by atoms with Crippen LogP contribution in [0.2, 0.25) is 5.02 Å². The maximum Gasteiger partial charge on any atom is 0.252 e. The van der Waals surface area contributed by atoms with E-state index in [0.717, 1.165) is 36.4 Å². The normalized spacial score (nSPS) is 28.8. The first-order chi connectivity index (χ1) is 14.9. The lowest BCUT2D eigenvalue weighted by atomic mass is 9.67. The minimum absolute atomic E-state index is 0.0327. The summed E-state index contributed by atoms with van der Waals surface area (Å²) in [5, 5.41) is 16.2. The van der Waals surface area contributed by atoms with Gasteiger partial charge in [-0.05, 0) is 68.2 Å². The first-order valence-electron chi connectivity index (χ1n) is 11.7. The maximum atomic E-state index is 13.0. The van der Waals surface area contributed by atoms with Crippen LogP contribution in [-0.2, 0) is 6.54 Å². The SMILES string of the molecule is CNCCN(CCO)Cc1ccc(Cl)c(C(=O)NCC2(C)C=C3CC4CC(CC34)C2)c1. The van der Waals surface area contributed by atoms with Gasteiger partial charge in [0.2, 0.25) is 0 Å². The Morgan fingerprint density at radius 1 is 1.32 bits per heavy atom. The number of hydrogen-bond acceptors (Lipinski definition) is 4. The van der Waals surface area contributed by atoms with Crippen LogP contribution in [0.25, 0.3) is 0 Å². The molecule has 170 valence electrons. The molecule has 0 aromatic heterocycles. The number of benzene rings is 1. The second kappa shape index (κ2) is 9.62. The first-order valence-corrected chi connectivity index (χ1v) is 12.0. The van der Waals surface area contributed by atoms with Gasteiger partial charge in [-0.1, -0.05) is 36.2 Å². The Morgan fingerprint density at radius 3 is 2.94 bits per heavy atom. The Bertz CT molecular complexity index is 842. The minimum Gasteiger partial charge on any atom is -0.395 e. The lowest BCUT2D eigenvalue weighted by molar-refractivity contribution is 0.0935. The van der Waals surface area contributed by atoms with Crippen molar-refractivity contribution in [1.29, 1.82) is 0 Å². The zero-order valence-corrected chi connectivity index (χ0v) is 19.5. The summed E-state index contributed by atoms with van der Waals surface area (Å²) in [4.78, 5) is 15.2. The molecule has 5 nitrogen and oxygen atoms in total. The van der Waals surface area contributed by atoms with E-state index in [-0.39, 0.29) is 17.9 Å². The van der Waals surface area contributed by atoms with Gasteiger partial charge in [-0.25, -0.2) is 0 Å². The van der Waals surface area contributed by atoms with Gasteiger partial charge in [0, 0.05) is 38.1 Å². The summed E-state index contributed by atoms with van der Waals surface area (Å²) in [6, 6.07) is 5.67. The number of aliphatic hydroxyl groups is 1. The number of hydrogen-bond donors (Lipinski definition) is 3. The maximum absolute atomic E-state index is 13.0. The number of likely N-dealkylation sites (N-methyl/N-ethyl adjacent to an activating group) is 1. The van der Waals surface area contributed by atoms with Crippen LogP contribution < -0.4 is 10.6 Å². The minimum atomic E-state index is -0.101. The Hall–Kier alpha value is -1.40. The molecule has 4 unspecified atom stereocenters. The zero-order valence-electron chi connectivity index (χ0n) is 18.8. The van der Waals surface area contributed by atoms with Crippen LogP contribution in [0.5, 0.6) is 0 Å². The van der Waals surface area contributed by atoms with Gasteiger partial charge in [-0.15, -0.1) is 0 Å². The zero-order chi connectivity index (χ0) is 22.0. The molecular weight excluding hydrogens is 410 g/mol. The molecule has 2 saturated carbocycles. The highest BCUT2D eigenvalue weighted by molar-refractivity contribution is 6.33. The highest BCUT2D eigenvalue weighted by Gasteiger charge is 2.48. The van der Waals surface area contributed by atoms with Crippen LogP contribution in [0, 0.1) is 23.2 Å². The average Bonchev–Trinajstić information content (AvgIpc) is 2.99. The molecule has 4 atom stereocenters. The monoisotopic (exact) mass is 445 g/mol. The molecule has 31 heavy (non-hydrogen) atoms. The van der Waals surface area contributed by atoms with E-state index in [1.54, 1.807) is 5.57 Å². The molecule has 3 aliphatic rings.